The standard InChI is InChI=1S/C22H24N4S/c1-14(2)15-7-8-19-20(13-15)27-22(23-19)25-24-18-11-16-5-3-9-26-10-4-6-17(12-18)21(16)26/h7-8,11-14H,3-6,9-10H2,1-2H3. The maximum absolute atomic E-state index is 4.63. The minimum Gasteiger partial charge on any atom is -0.371 e. The summed E-state index contributed by atoms with van der Waals surface area (Å²) in [5, 5.41) is 9.75. The number of rotatable bonds is 3. The summed E-state index contributed by atoms with van der Waals surface area (Å²) in [5.41, 5.74) is 7.68. The van der Waals surface area contributed by atoms with Crippen molar-refractivity contribution in [3.05, 3.63) is 47.0 Å². The topological polar surface area (TPSA) is 40.9 Å². The Bertz CT molecular complexity index is 1000. The highest BCUT2D eigenvalue weighted by molar-refractivity contribution is 7.21. The van der Waals surface area contributed by atoms with E-state index in [1.54, 1.807) is 11.3 Å². The molecule has 0 aliphatic carbocycles. The Morgan fingerprint density at radius 2 is 1.74 bits per heavy atom. The Morgan fingerprint density at radius 3 is 2.44 bits per heavy atom. The van der Waals surface area contributed by atoms with Crippen LogP contribution in [0.15, 0.2) is 40.6 Å². The molecule has 27 heavy (non-hydrogen) atoms. The van der Waals surface area contributed by atoms with Crippen LogP contribution in [0.2, 0.25) is 0 Å². The summed E-state index contributed by atoms with van der Waals surface area (Å²) in [5.74, 6) is 0.522. The van der Waals surface area contributed by atoms with Crippen LogP contribution in [0.25, 0.3) is 10.2 Å². The van der Waals surface area contributed by atoms with Crippen LogP contribution in [-0.4, -0.2) is 18.1 Å². The predicted molar refractivity (Wildman–Crippen MR) is 113 cm³/mol. The van der Waals surface area contributed by atoms with Gasteiger partial charge in [-0.05, 0) is 72.6 Å². The Kier molecular flexibility index (Phi) is 4.20. The Balaban J connectivity index is 1.46. The van der Waals surface area contributed by atoms with Crippen molar-refractivity contribution in [2.75, 3.05) is 18.0 Å². The van der Waals surface area contributed by atoms with E-state index in [2.05, 4.69) is 64.3 Å². The quantitative estimate of drug-likeness (QED) is 0.487. The number of benzene rings is 2. The highest BCUT2D eigenvalue weighted by Gasteiger charge is 2.24. The molecule has 0 spiro atoms. The minimum atomic E-state index is 0.522. The number of fused-ring (bicyclic) bond motifs is 1. The van der Waals surface area contributed by atoms with Gasteiger partial charge in [0.2, 0.25) is 5.13 Å². The molecule has 3 aromatic rings. The summed E-state index contributed by atoms with van der Waals surface area (Å²) in [7, 11) is 0. The van der Waals surface area contributed by atoms with Gasteiger partial charge in [0.1, 0.15) is 0 Å². The van der Waals surface area contributed by atoms with Gasteiger partial charge in [-0.2, -0.15) is 0 Å². The van der Waals surface area contributed by atoms with Crippen molar-refractivity contribution >= 4 is 38.1 Å². The molecule has 0 fully saturated rings. The fraction of sp³-hybridized carbons (Fsp3) is 0.409. The van der Waals surface area contributed by atoms with Crippen molar-refractivity contribution in [1.29, 1.82) is 0 Å². The smallest absolute Gasteiger partial charge is 0.231 e. The number of thiazole rings is 1. The molecule has 0 N–H and O–H groups in total. The average molecular weight is 377 g/mol. The highest BCUT2D eigenvalue weighted by Crippen LogP contribution is 2.39. The molecule has 0 saturated heterocycles. The van der Waals surface area contributed by atoms with Gasteiger partial charge in [0.25, 0.3) is 0 Å². The van der Waals surface area contributed by atoms with E-state index in [-0.39, 0.29) is 0 Å². The molecular weight excluding hydrogens is 352 g/mol. The Morgan fingerprint density at radius 1 is 1.00 bits per heavy atom. The second-order valence-corrected chi connectivity index (χ2v) is 8.89. The third-order valence-electron chi connectivity index (χ3n) is 5.64. The van der Waals surface area contributed by atoms with Gasteiger partial charge in [0.15, 0.2) is 0 Å². The first-order valence-corrected chi connectivity index (χ1v) is 10.7. The molecule has 0 bridgehead atoms. The SMILES string of the molecule is CC(C)c1ccc2nc(N=Nc3cc4c5c(c3)CCCN5CCC4)sc2c1. The molecule has 2 aliphatic rings. The van der Waals surface area contributed by atoms with Gasteiger partial charge < -0.3 is 4.90 Å². The highest BCUT2D eigenvalue weighted by atomic mass is 32.1. The fourth-order valence-corrected chi connectivity index (χ4v) is 5.11. The van der Waals surface area contributed by atoms with Crippen LogP contribution < -0.4 is 4.90 Å². The summed E-state index contributed by atoms with van der Waals surface area (Å²) in [6.45, 7) is 6.83. The fourth-order valence-electron chi connectivity index (χ4n) is 4.27. The molecule has 0 amide bonds. The molecular formula is C22H24N4S. The number of aryl methyl sites for hydroxylation is 2. The van der Waals surface area contributed by atoms with Crippen LogP contribution in [-0.2, 0) is 12.8 Å². The summed E-state index contributed by atoms with van der Waals surface area (Å²) >= 11 is 1.62. The maximum atomic E-state index is 4.63. The monoisotopic (exact) mass is 376 g/mol. The van der Waals surface area contributed by atoms with Gasteiger partial charge in [0, 0.05) is 18.8 Å². The number of anilines is 1. The van der Waals surface area contributed by atoms with Crippen LogP contribution >= 0.6 is 11.3 Å². The van der Waals surface area contributed by atoms with E-state index in [1.165, 1.54) is 53.0 Å². The van der Waals surface area contributed by atoms with Crippen LogP contribution in [0.5, 0.6) is 0 Å². The van der Waals surface area contributed by atoms with Gasteiger partial charge in [-0.25, -0.2) is 4.98 Å². The largest absolute Gasteiger partial charge is 0.371 e. The van der Waals surface area contributed by atoms with Gasteiger partial charge in [-0.15, -0.1) is 10.2 Å². The molecule has 5 heteroatoms. The molecule has 4 nitrogen and oxygen atoms in total. The number of hydrogen-bond donors (Lipinski definition) is 0. The normalized spacial score (nSPS) is 16.5. The number of hydrogen-bond acceptors (Lipinski definition) is 5. The van der Waals surface area contributed by atoms with E-state index in [9.17, 15) is 0 Å². The molecule has 2 aliphatic heterocycles. The zero-order chi connectivity index (χ0) is 18.4. The second kappa shape index (κ2) is 6.71. The summed E-state index contributed by atoms with van der Waals surface area (Å²) in [6, 6.07) is 10.9. The van der Waals surface area contributed by atoms with Crippen molar-refractivity contribution in [3.63, 3.8) is 0 Å². The predicted octanol–water partition coefficient (Wildman–Crippen LogP) is 6.53. The van der Waals surface area contributed by atoms with Crippen molar-refractivity contribution in [1.82, 2.24) is 4.98 Å². The lowest BCUT2D eigenvalue weighted by Gasteiger charge is -2.36. The van der Waals surface area contributed by atoms with Crippen molar-refractivity contribution in [3.8, 4) is 0 Å². The average Bonchev–Trinajstić information content (AvgIpc) is 3.09. The third kappa shape index (κ3) is 3.14. The maximum Gasteiger partial charge on any atom is 0.231 e. The lowest BCUT2D eigenvalue weighted by molar-refractivity contribution is 0.634. The van der Waals surface area contributed by atoms with E-state index in [4.69, 9.17) is 0 Å². The number of aromatic nitrogens is 1. The van der Waals surface area contributed by atoms with E-state index >= 15 is 0 Å². The molecule has 5 rings (SSSR count). The number of azo groups is 1. The minimum absolute atomic E-state index is 0.522. The van der Waals surface area contributed by atoms with E-state index in [0.29, 0.717) is 5.92 Å². The lowest BCUT2D eigenvalue weighted by Crippen LogP contribution is -2.34. The first kappa shape index (κ1) is 16.9. The third-order valence-corrected chi connectivity index (χ3v) is 6.54. The van der Waals surface area contributed by atoms with E-state index in [1.807, 2.05) is 0 Å². The molecule has 1 aromatic heterocycles. The van der Waals surface area contributed by atoms with Crippen LogP contribution in [0.4, 0.5) is 16.5 Å². The molecule has 138 valence electrons. The van der Waals surface area contributed by atoms with Crippen molar-refractivity contribution < 1.29 is 0 Å². The van der Waals surface area contributed by atoms with Gasteiger partial charge in [-0.3, -0.25) is 0 Å². The molecule has 3 heterocycles. The summed E-state index contributed by atoms with van der Waals surface area (Å²) in [6.07, 6.45) is 4.79. The van der Waals surface area contributed by atoms with Crippen molar-refractivity contribution in [2.24, 2.45) is 10.2 Å². The lowest BCUT2D eigenvalue weighted by atomic mass is 9.91. The molecule has 0 atom stereocenters. The first-order chi connectivity index (χ1) is 13.2. The van der Waals surface area contributed by atoms with Gasteiger partial charge in [0.05, 0.1) is 15.9 Å². The zero-order valence-corrected chi connectivity index (χ0v) is 16.7. The molecule has 0 saturated carbocycles. The summed E-state index contributed by atoms with van der Waals surface area (Å²) < 4.78 is 1.19. The molecule has 0 radical (unpaired) electrons. The second-order valence-electron chi connectivity index (χ2n) is 7.89. The van der Waals surface area contributed by atoms with Gasteiger partial charge in [-0.1, -0.05) is 31.3 Å². The zero-order valence-electron chi connectivity index (χ0n) is 15.9. The van der Waals surface area contributed by atoms with Crippen LogP contribution in [0.1, 0.15) is 49.3 Å². The summed E-state index contributed by atoms with van der Waals surface area (Å²) in [4.78, 5) is 7.19. The van der Waals surface area contributed by atoms with E-state index in [0.717, 1.165) is 29.2 Å². The Labute approximate surface area is 164 Å². The van der Waals surface area contributed by atoms with Crippen LogP contribution in [0.3, 0.4) is 0 Å². The van der Waals surface area contributed by atoms with Crippen LogP contribution in [0, 0.1) is 0 Å². The first-order valence-electron chi connectivity index (χ1n) is 9.90. The van der Waals surface area contributed by atoms with E-state index < -0.39 is 0 Å². The molecule has 0 unspecified atom stereocenters. The van der Waals surface area contributed by atoms with Gasteiger partial charge >= 0.3 is 0 Å². The number of nitrogens with zero attached hydrogens (tertiary/aromatic N) is 4. The molecule has 2 aromatic carbocycles. The van der Waals surface area contributed by atoms with Crippen molar-refractivity contribution in [2.45, 2.75) is 45.4 Å². The Hall–Kier alpha value is -2.27.